The highest BCUT2D eigenvalue weighted by molar-refractivity contribution is 9.11. The molecule has 0 aliphatic heterocycles. The van der Waals surface area contributed by atoms with Crippen LogP contribution >= 0.6 is 31.9 Å². The van der Waals surface area contributed by atoms with Gasteiger partial charge >= 0.3 is 0 Å². The van der Waals surface area contributed by atoms with Crippen molar-refractivity contribution in [2.75, 3.05) is 0 Å². The van der Waals surface area contributed by atoms with Crippen molar-refractivity contribution in [1.29, 1.82) is 0 Å². The van der Waals surface area contributed by atoms with Crippen molar-refractivity contribution in [1.82, 2.24) is 0 Å². The van der Waals surface area contributed by atoms with Gasteiger partial charge in [0.15, 0.2) is 0 Å². The van der Waals surface area contributed by atoms with Crippen LogP contribution in [0.1, 0.15) is 47.7 Å². The summed E-state index contributed by atoms with van der Waals surface area (Å²) in [7, 11) is 0. The van der Waals surface area contributed by atoms with Crippen molar-refractivity contribution in [2.24, 2.45) is 0 Å². The summed E-state index contributed by atoms with van der Waals surface area (Å²) in [6, 6.07) is 13.5. The predicted molar refractivity (Wildman–Crippen MR) is 90.0 cm³/mol. The molecule has 0 saturated carbocycles. The Bertz CT molecular complexity index is 558. The topological polar surface area (TPSA) is 0 Å². The molecule has 2 aromatic rings. The van der Waals surface area contributed by atoms with Gasteiger partial charge in [0.2, 0.25) is 0 Å². The molecular weight excluding hydrogens is 383 g/mol. The van der Waals surface area contributed by atoms with Gasteiger partial charge in [-0.25, -0.2) is 4.39 Å². The average Bonchev–Trinajstić information content (AvgIpc) is 2.46. The lowest BCUT2D eigenvalue weighted by molar-refractivity contribution is 0.612. The van der Waals surface area contributed by atoms with Crippen molar-refractivity contribution in [3.05, 3.63) is 69.4 Å². The van der Waals surface area contributed by atoms with E-state index in [-0.39, 0.29) is 10.6 Å². The van der Waals surface area contributed by atoms with Crippen LogP contribution in [0.2, 0.25) is 0 Å². The van der Waals surface area contributed by atoms with E-state index in [4.69, 9.17) is 0 Å². The summed E-state index contributed by atoms with van der Waals surface area (Å²) in [5, 5.41) is 0. The number of alkyl halides is 1. The van der Waals surface area contributed by atoms with Crippen molar-refractivity contribution in [3.63, 3.8) is 0 Å². The molecule has 0 fully saturated rings. The summed E-state index contributed by atoms with van der Waals surface area (Å²) < 4.78 is 14.8. The molecule has 20 heavy (non-hydrogen) atoms. The molecule has 0 aromatic heterocycles. The van der Waals surface area contributed by atoms with Gasteiger partial charge in [-0.05, 0) is 35.6 Å². The van der Waals surface area contributed by atoms with E-state index in [9.17, 15) is 4.39 Å². The van der Waals surface area contributed by atoms with Gasteiger partial charge in [-0.1, -0.05) is 76.0 Å². The Balaban J connectivity index is 2.32. The standard InChI is InChI=1S/C17H17Br2F/c1-3-11(2)12-7-9-13(10-8-12)17(19)16-14(18)5-4-6-15(16)20/h4-11,17H,3H2,1-2H3. The molecule has 0 N–H and O–H groups in total. The number of rotatable bonds is 4. The Morgan fingerprint density at radius 2 is 1.65 bits per heavy atom. The predicted octanol–water partition coefficient (Wildman–Crippen LogP) is 6.59. The lowest BCUT2D eigenvalue weighted by atomic mass is 9.96. The molecule has 0 saturated heterocycles. The van der Waals surface area contributed by atoms with Crippen molar-refractivity contribution in [3.8, 4) is 0 Å². The minimum absolute atomic E-state index is 0.149. The number of benzene rings is 2. The van der Waals surface area contributed by atoms with Gasteiger partial charge in [0.1, 0.15) is 5.82 Å². The second-order valence-corrected chi connectivity index (χ2v) is 6.74. The molecule has 0 spiro atoms. The van der Waals surface area contributed by atoms with Gasteiger partial charge in [-0.2, -0.15) is 0 Å². The average molecular weight is 400 g/mol. The van der Waals surface area contributed by atoms with Crippen LogP contribution in [-0.2, 0) is 0 Å². The van der Waals surface area contributed by atoms with Crippen LogP contribution in [0.3, 0.4) is 0 Å². The summed E-state index contributed by atoms with van der Waals surface area (Å²) in [6.45, 7) is 4.40. The van der Waals surface area contributed by atoms with Gasteiger partial charge in [0.05, 0.1) is 4.83 Å². The number of hydrogen-bond donors (Lipinski definition) is 0. The Kier molecular flexibility index (Phi) is 5.39. The fraction of sp³-hybridized carbons (Fsp3) is 0.294. The summed E-state index contributed by atoms with van der Waals surface area (Å²) >= 11 is 7.03. The maximum Gasteiger partial charge on any atom is 0.129 e. The molecule has 3 heteroatoms. The van der Waals surface area contributed by atoms with Gasteiger partial charge in [0, 0.05) is 10.0 Å². The third kappa shape index (κ3) is 3.32. The molecule has 0 amide bonds. The van der Waals surface area contributed by atoms with Crippen LogP contribution in [0.4, 0.5) is 4.39 Å². The first kappa shape index (κ1) is 15.7. The fourth-order valence-electron chi connectivity index (χ4n) is 2.15. The van der Waals surface area contributed by atoms with E-state index >= 15 is 0 Å². The summed E-state index contributed by atoms with van der Waals surface area (Å²) in [6.07, 6.45) is 1.12. The lowest BCUT2D eigenvalue weighted by Gasteiger charge is -2.15. The maximum atomic E-state index is 14.0. The van der Waals surface area contributed by atoms with Gasteiger partial charge in [0.25, 0.3) is 0 Å². The number of halogens is 3. The van der Waals surface area contributed by atoms with E-state index in [2.05, 4.69) is 70.0 Å². The third-order valence-corrected chi connectivity index (χ3v) is 5.34. The molecule has 0 bridgehead atoms. The third-order valence-electron chi connectivity index (χ3n) is 3.66. The van der Waals surface area contributed by atoms with Crippen LogP contribution in [-0.4, -0.2) is 0 Å². The largest absolute Gasteiger partial charge is 0.207 e. The molecule has 0 aliphatic rings. The molecule has 0 aliphatic carbocycles. The zero-order valence-corrected chi connectivity index (χ0v) is 14.7. The van der Waals surface area contributed by atoms with Crippen LogP contribution in [0, 0.1) is 5.82 Å². The Morgan fingerprint density at radius 1 is 1.05 bits per heavy atom. The molecular formula is C17H17Br2F. The Morgan fingerprint density at radius 3 is 2.20 bits per heavy atom. The monoisotopic (exact) mass is 398 g/mol. The second kappa shape index (κ2) is 6.86. The Hall–Kier alpha value is -0.670. The van der Waals surface area contributed by atoms with E-state index in [0.717, 1.165) is 16.5 Å². The van der Waals surface area contributed by atoms with Gasteiger partial charge in [-0.3, -0.25) is 0 Å². The Labute approximate surface area is 136 Å². The second-order valence-electron chi connectivity index (χ2n) is 4.97. The van der Waals surface area contributed by atoms with Crippen LogP contribution in [0.15, 0.2) is 46.9 Å². The van der Waals surface area contributed by atoms with Crippen LogP contribution in [0.25, 0.3) is 0 Å². The first-order chi connectivity index (χ1) is 9.54. The summed E-state index contributed by atoms with van der Waals surface area (Å²) in [5.74, 6) is 0.352. The summed E-state index contributed by atoms with van der Waals surface area (Å²) in [5.41, 5.74) is 3.02. The minimum Gasteiger partial charge on any atom is -0.207 e. The van der Waals surface area contributed by atoms with Gasteiger partial charge in [-0.15, -0.1) is 0 Å². The molecule has 2 rings (SSSR count). The van der Waals surface area contributed by atoms with E-state index in [0.29, 0.717) is 11.5 Å². The smallest absolute Gasteiger partial charge is 0.129 e. The van der Waals surface area contributed by atoms with Crippen LogP contribution < -0.4 is 0 Å². The molecule has 0 nitrogen and oxygen atoms in total. The maximum absolute atomic E-state index is 14.0. The van der Waals surface area contributed by atoms with E-state index < -0.39 is 0 Å². The minimum atomic E-state index is -0.202. The molecule has 2 aromatic carbocycles. The van der Waals surface area contributed by atoms with E-state index in [1.165, 1.54) is 11.6 Å². The normalized spacial score (nSPS) is 14.1. The van der Waals surface area contributed by atoms with E-state index in [1.807, 2.05) is 6.07 Å². The van der Waals surface area contributed by atoms with Crippen molar-refractivity contribution in [2.45, 2.75) is 31.0 Å². The quantitative estimate of drug-likeness (QED) is 0.509. The van der Waals surface area contributed by atoms with Crippen molar-refractivity contribution >= 4 is 31.9 Å². The zero-order valence-electron chi connectivity index (χ0n) is 11.5. The molecule has 0 radical (unpaired) electrons. The molecule has 2 atom stereocenters. The molecule has 0 heterocycles. The first-order valence-corrected chi connectivity index (χ1v) is 8.43. The SMILES string of the molecule is CCC(C)c1ccc(C(Br)c2c(F)cccc2Br)cc1. The highest BCUT2D eigenvalue weighted by Gasteiger charge is 2.18. The molecule has 2 unspecified atom stereocenters. The zero-order chi connectivity index (χ0) is 14.7. The van der Waals surface area contributed by atoms with Gasteiger partial charge < -0.3 is 0 Å². The fourth-order valence-corrected chi connectivity index (χ4v) is 3.80. The van der Waals surface area contributed by atoms with Crippen LogP contribution in [0.5, 0.6) is 0 Å². The summed E-state index contributed by atoms with van der Waals surface area (Å²) in [4.78, 5) is -0.149. The van der Waals surface area contributed by atoms with Crippen molar-refractivity contribution < 1.29 is 4.39 Å². The first-order valence-electron chi connectivity index (χ1n) is 6.72. The highest BCUT2D eigenvalue weighted by Crippen LogP contribution is 2.37. The number of hydrogen-bond acceptors (Lipinski definition) is 0. The lowest BCUT2D eigenvalue weighted by Crippen LogP contribution is -1.99. The highest BCUT2D eigenvalue weighted by atomic mass is 79.9. The molecule has 106 valence electrons. The van der Waals surface area contributed by atoms with E-state index in [1.54, 1.807) is 6.07 Å².